The molecule has 2 fully saturated rings. The third-order valence-corrected chi connectivity index (χ3v) is 4.07. The standard InChI is InChI=1S/C13H22N2O2/c1-10(16)11-4-8-15(9-5-11)13(17)12-2-6-14-7-3-12/h11-12,14H,2-9H2,1H3. The summed E-state index contributed by atoms with van der Waals surface area (Å²) in [6, 6.07) is 0. The Balaban J connectivity index is 1.83. The molecular weight excluding hydrogens is 216 g/mol. The van der Waals surface area contributed by atoms with E-state index in [-0.39, 0.29) is 17.6 Å². The molecule has 0 atom stereocenters. The first kappa shape index (κ1) is 12.6. The minimum atomic E-state index is 0.187. The Morgan fingerprint density at radius 1 is 1.00 bits per heavy atom. The first-order valence-corrected chi connectivity index (χ1v) is 6.68. The largest absolute Gasteiger partial charge is 0.342 e. The number of piperidine rings is 2. The second-order valence-electron chi connectivity index (χ2n) is 5.23. The van der Waals surface area contributed by atoms with Gasteiger partial charge in [-0.3, -0.25) is 9.59 Å². The minimum absolute atomic E-state index is 0.187. The Bertz CT molecular complexity index is 290. The number of hydrogen-bond acceptors (Lipinski definition) is 3. The zero-order chi connectivity index (χ0) is 12.3. The van der Waals surface area contributed by atoms with Crippen molar-refractivity contribution in [3.05, 3.63) is 0 Å². The molecule has 0 aromatic carbocycles. The summed E-state index contributed by atoms with van der Waals surface area (Å²) in [5.41, 5.74) is 0. The van der Waals surface area contributed by atoms with Crippen molar-refractivity contribution in [3.8, 4) is 0 Å². The number of carbonyl (C=O) groups excluding carboxylic acids is 2. The first-order chi connectivity index (χ1) is 8.18. The number of carbonyl (C=O) groups is 2. The molecular formula is C13H22N2O2. The van der Waals surface area contributed by atoms with Gasteiger partial charge >= 0.3 is 0 Å². The van der Waals surface area contributed by atoms with Crippen molar-refractivity contribution in [2.75, 3.05) is 26.2 Å². The molecule has 2 heterocycles. The third kappa shape index (κ3) is 3.06. The Labute approximate surface area is 103 Å². The van der Waals surface area contributed by atoms with Crippen LogP contribution in [0.1, 0.15) is 32.6 Å². The van der Waals surface area contributed by atoms with E-state index in [0.29, 0.717) is 5.91 Å². The minimum Gasteiger partial charge on any atom is -0.342 e. The highest BCUT2D eigenvalue weighted by Crippen LogP contribution is 2.22. The highest BCUT2D eigenvalue weighted by atomic mass is 16.2. The molecule has 4 nitrogen and oxygen atoms in total. The maximum Gasteiger partial charge on any atom is 0.225 e. The van der Waals surface area contributed by atoms with Crippen molar-refractivity contribution in [2.24, 2.45) is 11.8 Å². The number of ketones is 1. The fourth-order valence-corrected chi connectivity index (χ4v) is 2.83. The van der Waals surface area contributed by atoms with Crippen molar-refractivity contribution in [1.29, 1.82) is 0 Å². The van der Waals surface area contributed by atoms with Crippen LogP contribution in [-0.2, 0) is 9.59 Å². The van der Waals surface area contributed by atoms with Gasteiger partial charge in [-0.25, -0.2) is 0 Å². The predicted molar refractivity (Wildman–Crippen MR) is 65.6 cm³/mol. The zero-order valence-corrected chi connectivity index (χ0v) is 10.6. The van der Waals surface area contributed by atoms with Gasteiger partial charge < -0.3 is 10.2 Å². The molecule has 1 N–H and O–H groups in total. The molecule has 0 aliphatic carbocycles. The van der Waals surface area contributed by atoms with Crippen LogP contribution in [-0.4, -0.2) is 42.8 Å². The highest BCUT2D eigenvalue weighted by molar-refractivity contribution is 5.81. The summed E-state index contributed by atoms with van der Waals surface area (Å²) in [7, 11) is 0. The smallest absolute Gasteiger partial charge is 0.225 e. The lowest BCUT2D eigenvalue weighted by atomic mass is 9.91. The van der Waals surface area contributed by atoms with E-state index < -0.39 is 0 Å². The van der Waals surface area contributed by atoms with E-state index in [1.54, 1.807) is 6.92 Å². The van der Waals surface area contributed by atoms with E-state index in [2.05, 4.69) is 5.32 Å². The molecule has 0 radical (unpaired) electrons. The summed E-state index contributed by atoms with van der Waals surface area (Å²) >= 11 is 0. The fraction of sp³-hybridized carbons (Fsp3) is 0.846. The maximum absolute atomic E-state index is 12.2. The summed E-state index contributed by atoms with van der Waals surface area (Å²) in [6.45, 7) is 5.12. The lowest BCUT2D eigenvalue weighted by Crippen LogP contribution is -2.45. The molecule has 2 aliphatic heterocycles. The monoisotopic (exact) mass is 238 g/mol. The molecule has 0 saturated carbocycles. The number of hydrogen-bond donors (Lipinski definition) is 1. The van der Waals surface area contributed by atoms with Crippen LogP contribution in [0.25, 0.3) is 0 Å². The number of amides is 1. The van der Waals surface area contributed by atoms with Gasteiger partial charge in [0.05, 0.1) is 0 Å². The number of nitrogens with zero attached hydrogens (tertiary/aromatic N) is 1. The van der Waals surface area contributed by atoms with Crippen molar-refractivity contribution >= 4 is 11.7 Å². The summed E-state index contributed by atoms with van der Waals surface area (Å²) in [5, 5.41) is 3.28. The summed E-state index contributed by atoms with van der Waals surface area (Å²) in [4.78, 5) is 25.5. The van der Waals surface area contributed by atoms with Gasteiger partial charge in [0.25, 0.3) is 0 Å². The van der Waals surface area contributed by atoms with E-state index in [0.717, 1.165) is 51.9 Å². The lowest BCUT2D eigenvalue weighted by molar-refractivity contribution is -0.139. The van der Waals surface area contributed by atoms with Gasteiger partial charge in [-0.1, -0.05) is 0 Å². The third-order valence-electron chi connectivity index (χ3n) is 4.07. The molecule has 96 valence electrons. The molecule has 2 rings (SSSR count). The number of Topliss-reactive ketones (excluding diaryl/α,β-unsaturated/α-hetero) is 1. The summed E-state index contributed by atoms with van der Waals surface area (Å²) in [6.07, 6.45) is 3.63. The average molecular weight is 238 g/mol. The zero-order valence-electron chi connectivity index (χ0n) is 10.6. The molecule has 1 amide bonds. The van der Waals surface area contributed by atoms with Crippen molar-refractivity contribution < 1.29 is 9.59 Å². The molecule has 0 aromatic rings. The topological polar surface area (TPSA) is 49.4 Å². The second kappa shape index (κ2) is 5.63. The van der Waals surface area contributed by atoms with Crippen LogP contribution in [0.15, 0.2) is 0 Å². The normalized spacial score (nSPS) is 23.7. The predicted octanol–water partition coefficient (Wildman–Crippen LogP) is 0.814. The fourth-order valence-electron chi connectivity index (χ4n) is 2.83. The van der Waals surface area contributed by atoms with E-state index in [4.69, 9.17) is 0 Å². The molecule has 0 unspecified atom stereocenters. The number of rotatable bonds is 2. The van der Waals surface area contributed by atoms with Crippen LogP contribution >= 0.6 is 0 Å². The van der Waals surface area contributed by atoms with Gasteiger partial charge in [0.1, 0.15) is 5.78 Å². The Morgan fingerprint density at radius 3 is 2.12 bits per heavy atom. The van der Waals surface area contributed by atoms with E-state index >= 15 is 0 Å². The molecule has 0 bridgehead atoms. The highest BCUT2D eigenvalue weighted by Gasteiger charge is 2.29. The van der Waals surface area contributed by atoms with Crippen LogP contribution in [0.4, 0.5) is 0 Å². The molecule has 2 saturated heterocycles. The van der Waals surface area contributed by atoms with E-state index in [1.165, 1.54) is 0 Å². The Morgan fingerprint density at radius 2 is 1.59 bits per heavy atom. The van der Waals surface area contributed by atoms with Crippen LogP contribution < -0.4 is 5.32 Å². The van der Waals surface area contributed by atoms with Crippen molar-refractivity contribution in [3.63, 3.8) is 0 Å². The molecule has 17 heavy (non-hydrogen) atoms. The van der Waals surface area contributed by atoms with E-state index in [9.17, 15) is 9.59 Å². The summed E-state index contributed by atoms with van der Waals surface area (Å²) in [5.74, 6) is 0.990. The van der Waals surface area contributed by atoms with Crippen molar-refractivity contribution in [2.45, 2.75) is 32.6 Å². The van der Waals surface area contributed by atoms with Gasteiger partial charge in [0, 0.05) is 24.9 Å². The SMILES string of the molecule is CC(=O)C1CCN(C(=O)C2CCNCC2)CC1. The number of likely N-dealkylation sites (tertiary alicyclic amines) is 1. The van der Waals surface area contributed by atoms with Gasteiger partial charge in [-0.2, -0.15) is 0 Å². The number of nitrogens with one attached hydrogen (secondary N) is 1. The average Bonchev–Trinajstić information content (AvgIpc) is 2.39. The molecule has 0 spiro atoms. The Hall–Kier alpha value is -0.900. The van der Waals surface area contributed by atoms with Gasteiger partial charge in [0.2, 0.25) is 5.91 Å². The Kier molecular flexibility index (Phi) is 4.15. The van der Waals surface area contributed by atoms with Gasteiger partial charge in [-0.05, 0) is 45.7 Å². The quantitative estimate of drug-likeness (QED) is 0.774. The molecule has 0 aromatic heterocycles. The van der Waals surface area contributed by atoms with Gasteiger partial charge in [-0.15, -0.1) is 0 Å². The van der Waals surface area contributed by atoms with Crippen LogP contribution in [0.5, 0.6) is 0 Å². The maximum atomic E-state index is 12.2. The molecule has 2 aliphatic rings. The summed E-state index contributed by atoms with van der Waals surface area (Å²) < 4.78 is 0. The molecule has 4 heteroatoms. The van der Waals surface area contributed by atoms with Crippen LogP contribution in [0.3, 0.4) is 0 Å². The van der Waals surface area contributed by atoms with E-state index in [1.807, 2.05) is 4.90 Å². The van der Waals surface area contributed by atoms with Gasteiger partial charge in [0.15, 0.2) is 0 Å². The lowest BCUT2D eigenvalue weighted by Gasteiger charge is -2.34. The van der Waals surface area contributed by atoms with Crippen LogP contribution in [0.2, 0.25) is 0 Å². The first-order valence-electron chi connectivity index (χ1n) is 6.68. The van der Waals surface area contributed by atoms with Crippen molar-refractivity contribution in [1.82, 2.24) is 10.2 Å². The van der Waals surface area contributed by atoms with Crippen LogP contribution in [0, 0.1) is 11.8 Å². The second-order valence-corrected chi connectivity index (χ2v) is 5.23.